The van der Waals surface area contributed by atoms with E-state index in [1.165, 1.54) is 0 Å². The van der Waals surface area contributed by atoms with Crippen LogP contribution in [0.1, 0.15) is 6.92 Å². The molecule has 1 amide bonds. The van der Waals surface area contributed by atoms with Gasteiger partial charge in [-0.05, 0) is 13.1 Å². The number of carbonyl (C=O) groups excluding carboxylic acids is 1. The number of nitrogens with zero attached hydrogens (tertiary/aromatic N) is 6. The highest BCUT2D eigenvalue weighted by Gasteiger charge is 2.21. The van der Waals surface area contributed by atoms with Crippen LogP contribution in [0.4, 0.5) is 11.8 Å². The SMILES string of the molecule is CC(=O)N1CCN(c2ccnc(N3CCN(C)CC3)n2)CC1. The quantitative estimate of drug-likeness (QED) is 0.760. The Bertz CT molecular complexity index is 521. The standard InChI is InChI=1S/C15H24N6O/c1-13(22)19-9-11-20(12-10-19)14-3-4-16-15(17-14)21-7-5-18(2)6-8-21/h3-4H,5-12H2,1-2H3. The molecule has 0 aliphatic carbocycles. The highest BCUT2D eigenvalue weighted by atomic mass is 16.2. The summed E-state index contributed by atoms with van der Waals surface area (Å²) in [4.78, 5) is 29.3. The van der Waals surface area contributed by atoms with Crippen LogP contribution in [-0.4, -0.2) is 85.1 Å². The molecule has 0 atom stereocenters. The van der Waals surface area contributed by atoms with Crippen LogP contribution in [0.15, 0.2) is 12.3 Å². The second kappa shape index (κ2) is 6.48. The van der Waals surface area contributed by atoms with E-state index in [0.29, 0.717) is 0 Å². The first-order valence-electron chi connectivity index (χ1n) is 7.90. The van der Waals surface area contributed by atoms with Crippen molar-refractivity contribution in [1.29, 1.82) is 0 Å². The summed E-state index contributed by atoms with van der Waals surface area (Å²) in [5, 5.41) is 0. The highest BCUT2D eigenvalue weighted by Crippen LogP contribution is 2.17. The van der Waals surface area contributed by atoms with E-state index < -0.39 is 0 Å². The molecule has 2 aliphatic heterocycles. The van der Waals surface area contributed by atoms with Gasteiger partial charge in [-0.15, -0.1) is 0 Å². The number of hydrogen-bond acceptors (Lipinski definition) is 6. The van der Waals surface area contributed by atoms with Crippen molar-refractivity contribution in [2.75, 3.05) is 69.2 Å². The maximum absolute atomic E-state index is 11.4. The number of amides is 1. The Hall–Kier alpha value is -1.89. The number of aromatic nitrogens is 2. The molecular weight excluding hydrogens is 280 g/mol. The highest BCUT2D eigenvalue weighted by molar-refractivity contribution is 5.73. The molecule has 2 fully saturated rings. The Kier molecular flexibility index (Phi) is 4.42. The van der Waals surface area contributed by atoms with Gasteiger partial charge in [0.05, 0.1) is 0 Å². The summed E-state index contributed by atoms with van der Waals surface area (Å²) in [6, 6.07) is 1.96. The molecule has 0 radical (unpaired) electrons. The number of hydrogen-bond donors (Lipinski definition) is 0. The van der Waals surface area contributed by atoms with Crippen molar-refractivity contribution in [3.8, 4) is 0 Å². The third-order valence-electron chi connectivity index (χ3n) is 4.46. The van der Waals surface area contributed by atoms with Crippen LogP contribution in [-0.2, 0) is 4.79 Å². The minimum absolute atomic E-state index is 0.153. The fourth-order valence-corrected chi connectivity index (χ4v) is 2.92. The van der Waals surface area contributed by atoms with Crippen molar-refractivity contribution >= 4 is 17.7 Å². The van der Waals surface area contributed by atoms with Crippen molar-refractivity contribution < 1.29 is 4.79 Å². The molecule has 2 saturated heterocycles. The van der Waals surface area contributed by atoms with E-state index in [0.717, 1.165) is 64.1 Å². The Morgan fingerprint density at radius 2 is 1.64 bits per heavy atom. The molecule has 3 heterocycles. The minimum Gasteiger partial charge on any atom is -0.353 e. The van der Waals surface area contributed by atoms with Crippen LogP contribution >= 0.6 is 0 Å². The van der Waals surface area contributed by atoms with Crippen molar-refractivity contribution in [3.63, 3.8) is 0 Å². The largest absolute Gasteiger partial charge is 0.353 e. The lowest BCUT2D eigenvalue weighted by Gasteiger charge is -2.36. The van der Waals surface area contributed by atoms with Crippen molar-refractivity contribution in [2.24, 2.45) is 0 Å². The molecule has 22 heavy (non-hydrogen) atoms. The second-order valence-corrected chi connectivity index (χ2v) is 6.00. The van der Waals surface area contributed by atoms with Crippen molar-refractivity contribution in [2.45, 2.75) is 6.92 Å². The molecule has 0 saturated carbocycles. The molecule has 0 unspecified atom stereocenters. The number of anilines is 2. The Balaban J connectivity index is 1.66. The van der Waals surface area contributed by atoms with Gasteiger partial charge in [-0.3, -0.25) is 4.79 Å². The van der Waals surface area contributed by atoms with Gasteiger partial charge in [-0.1, -0.05) is 0 Å². The third-order valence-corrected chi connectivity index (χ3v) is 4.46. The molecule has 2 aliphatic rings. The predicted molar refractivity (Wildman–Crippen MR) is 86.2 cm³/mol. The molecule has 0 N–H and O–H groups in total. The van der Waals surface area contributed by atoms with Gasteiger partial charge in [-0.25, -0.2) is 4.98 Å². The second-order valence-electron chi connectivity index (χ2n) is 6.00. The average molecular weight is 304 g/mol. The third kappa shape index (κ3) is 3.30. The van der Waals surface area contributed by atoms with E-state index in [1.54, 1.807) is 6.92 Å². The summed E-state index contributed by atoms with van der Waals surface area (Å²) in [6.07, 6.45) is 1.84. The zero-order chi connectivity index (χ0) is 15.5. The molecule has 120 valence electrons. The van der Waals surface area contributed by atoms with E-state index in [9.17, 15) is 4.79 Å². The fraction of sp³-hybridized carbons (Fsp3) is 0.667. The molecule has 0 spiro atoms. The van der Waals surface area contributed by atoms with Gasteiger partial charge in [-0.2, -0.15) is 4.98 Å². The lowest BCUT2D eigenvalue weighted by molar-refractivity contribution is -0.129. The zero-order valence-electron chi connectivity index (χ0n) is 13.4. The lowest BCUT2D eigenvalue weighted by atomic mass is 10.3. The van der Waals surface area contributed by atoms with Crippen LogP contribution in [0.25, 0.3) is 0 Å². The number of rotatable bonds is 2. The van der Waals surface area contributed by atoms with Gasteiger partial charge in [0.1, 0.15) is 5.82 Å². The Morgan fingerprint density at radius 3 is 2.27 bits per heavy atom. The molecule has 3 rings (SSSR count). The van der Waals surface area contributed by atoms with Crippen molar-refractivity contribution in [3.05, 3.63) is 12.3 Å². The minimum atomic E-state index is 0.153. The van der Waals surface area contributed by atoms with E-state index in [4.69, 9.17) is 4.98 Å². The van der Waals surface area contributed by atoms with Gasteiger partial charge in [0.25, 0.3) is 0 Å². The number of carbonyl (C=O) groups is 1. The molecular formula is C15H24N6O. The topological polar surface area (TPSA) is 55.8 Å². The molecule has 0 bridgehead atoms. The molecule has 0 aromatic carbocycles. The van der Waals surface area contributed by atoms with Crippen molar-refractivity contribution in [1.82, 2.24) is 19.8 Å². The van der Waals surface area contributed by atoms with Crippen LogP contribution in [0.2, 0.25) is 0 Å². The first-order valence-corrected chi connectivity index (χ1v) is 7.90. The van der Waals surface area contributed by atoms with Crippen LogP contribution in [0, 0.1) is 0 Å². The Morgan fingerprint density at radius 1 is 1.00 bits per heavy atom. The first kappa shape index (κ1) is 15.0. The summed E-state index contributed by atoms with van der Waals surface area (Å²) in [5.74, 6) is 1.94. The summed E-state index contributed by atoms with van der Waals surface area (Å²) >= 11 is 0. The normalized spacial score (nSPS) is 20.4. The number of likely N-dealkylation sites (N-methyl/N-ethyl adjacent to an activating group) is 1. The van der Waals surface area contributed by atoms with E-state index in [-0.39, 0.29) is 5.91 Å². The predicted octanol–water partition coefficient (Wildman–Crippen LogP) is -0.103. The average Bonchev–Trinajstić information content (AvgIpc) is 2.56. The van der Waals surface area contributed by atoms with Gasteiger partial charge in [0.15, 0.2) is 0 Å². The maximum atomic E-state index is 11.4. The van der Waals surface area contributed by atoms with E-state index in [2.05, 4.69) is 26.7 Å². The van der Waals surface area contributed by atoms with Crippen LogP contribution in [0.5, 0.6) is 0 Å². The van der Waals surface area contributed by atoms with Gasteiger partial charge in [0, 0.05) is 65.5 Å². The summed E-state index contributed by atoms with van der Waals surface area (Å²) in [7, 11) is 2.14. The van der Waals surface area contributed by atoms with Crippen LogP contribution < -0.4 is 9.80 Å². The maximum Gasteiger partial charge on any atom is 0.227 e. The summed E-state index contributed by atoms with van der Waals surface area (Å²) < 4.78 is 0. The first-order chi connectivity index (χ1) is 10.6. The fourth-order valence-electron chi connectivity index (χ4n) is 2.92. The molecule has 7 nitrogen and oxygen atoms in total. The molecule has 1 aromatic heterocycles. The lowest BCUT2D eigenvalue weighted by Crippen LogP contribution is -2.48. The smallest absolute Gasteiger partial charge is 0.227 e. The summed E-state index contributed by atoms with van der Waals surface area (Å²) in [5.41, 5.74) is 0. The summed E-state index contributed by atoms with van der Waals surface area (Å²) in [6.45, 7) is 8.86. The van der Waals surface area contributed by atoms with E-state index >= 15 is 0 Å². The van der Waals surface area contributed by atoms with E-state index in [1.807, 2.05) is 17.2 Å². The van der Waals surface area contributed by atoms with Gasteiger partial charge in [0.2, 0.25) is 11.9 Å². The Labute approximate surface area is 131 Å². The molecule has 7 heteroatoms. The molecule has 1 aromatic rings. The number of piperazine rings is 2. The zero-order valence-corrected chi connectivity index (χ0v) is 13.4. The van der Waals surface area contributed by atoms with Gasteiger partial charge >= 0.3 is 0 Å². The van der Waals surface area contributed by atoms with Gasteiger partial charge < -0.3 is 19.6 Å². The van der Waals surface area contributed by atoms with Crippen LogP contribution in [0.3, 0.4) is 0 Å². The monoisotopic (exact) mass is 304 g/mol.